The number of halogens is 2. The van der Waals surface area contributed by atoms with Gasteiger partial charge in [0.05, 0.1) is 18.8 Å². The lowest BCUT2D eigenvalue weighted by Gasteiger charge is -2.35. The van der Waals surface area contributed by atoms with E-state index in [1.54, 1.807) is 0 Å². The lowest BCUT2D eigenvalue weighted by molar-refractivity contribution is -0.0940. The van der Waals surface area contributed by atoms with Gasteiger partial charge in [0.15, 0.2) is 0 Å². The number of hydrogen-bond acceptors (Lipinski definition) is 3. The van der Waals surface area contributed by atoms with Gasteiger partial charge >= 0.3 is 0 Å². The van der Waals surface area contributed by atoms with E-state index in [1.807, 2.05) is 0 Å². The second kappa shape index (κ2) is 5.80. The van der Waals surface area contributed by atoms with Crippen molar-refractivity contribution in [3.05, 3.63) is 0 Å². The van der Waals surface area contributed by atoms with Crippen LogP contribution in [-0.2, 0) is 4.74 Å². The standard InChI is InChI=1S/C13H23F2NO2/c1-2-16-5-6-18-12(9-16)11(17)7-10-3-4-13(14,15)8-10/h10-12,17H,2-9H2,1H3. The highest BCUT2D eigenvalue weighted by molar-refractivity contribution is 4.86. The van der Waals surface area contributed by atoms with Crippen molar-refractivity contribution in [2.45, 2.75) is 50.7 Å². The predicted molar refractivity (Wildman–Crippen MR) is 64.8 cm³/mol. The van der Waals surface area contributed by atoms with Crippen molar-refractivity contribution in [3.8, 4) is 0 Å². The van der Waals surface area contributed by atoms with Crippen molar-refractivity contribution in [1.29, 1.82) is 0 Å². The van der Waals surface area contributed by atoms with E-state index < -0.39 is 12.0 Å². The Labute approximate surface area is 107 Å². The average Bonchev–Trinajstić information content (AvgIpc) is 2.68. The highest BCUT2D eigenvalue weighted by Crippen LogP contribution is 2.41. The molecule has 2 rings (SSSR count). The van der Waals surface area contributed by atoms with Crippen molar-refractivity contribution >= 4 is 0 Å². The molecule has 0 spiro atoms. The van der Waals surface area contributed by atoms with Gasteiger partial charge in [0.1, 0.15) is 0 Å². The third kappa shape index (κ3) is 3.62. The molecule has 3 atom stereocenters. The molecular weight excluding hydrogens is 240 g/mol. The third-order valence-electron chi connectivity index (χ3n) is 4.13. The molecule has 2 aliphatic rings. The molecule has 0 aromatic rings. The molecule has 2 fully saturated rings. The van der Waals surface area contributed by atoms with Gasteiger partial charge in [-0.05, 0) is 25.3 Å². The number of nitrogens with zero attached hydrogens (tertiary/aromatic N) is 1. The fourth-order valence-electron chi connectivity index (χ4n) is 2.99. The molecule has 1 saturated carbocycles. The van der Waals surface area contributed by atoms with Crippen molar-refractivity contribution in [2.24, 2.45) is 5.92 Å². The zero-order chi connectivity index (χ0) is 13.2. The SMILES string of the molecule is CCN1CCOC(C(O)CC2CCC(F)(F)C2)C1. The summed E-state index contributed by atoms with van der Waals surface area (Å²) in [5.74, 6) is -2.58. The normalized spacial score (nSPS) is 34.7. The van der Waals surface area contributed by atoms with Gasteiger partial charge in [0.25, 0.3) is 0 Å². The zero-order valence-corrected chi connectivity index (χ0v) is 10.9. The number of hydrogen-bond donors (Lipinski definition) is 1. The van der Waals surface area contributed by atoms with E-state index in [2.05, 4.69) is 11.8 Å². The van der Waals surface area contributed by atoms with E-state index in [-0.39, 0.29) is 24.9 Å². The molecule has 3 nitrogen and oxygen atoms in total. The minimum Gasteiger partial charge on any atom is -0.390 e. The van der Waals surface area contributed by atoms with Crippen LogP contribution in [0.3, 0.4) is 0 Å². The Hall–Kier alpha value is -0.260. The topological polar surface area (TPSA) is 32.7 Å². The van der Waals surface area contributed by atoms with Crippen molar-refractivity contribution in [1.82, 2.24) is 4.90 Å². The molecule has 0 aromatic carbocycles. The van der Waals surface area contributed by atoms with Crippen molar-refractivity contribution < 1.29 is 18.6 Å². The van der Waals surface area contributed by atoms with Crippen LogP contribution in [0.25, 0.3) is 0 Å². The van der Waals surface area contributed by atoms with Crippen LogP contribution in [0.5, 0.6) is 0 Å². The number of likely N-dealkylation sites (N-methyl/N-ethyl adjacent to an activating group) is 1. The molecule has 0 aromatic heterocycles. The highest BCUT2D eigenvalue weighted by atomic mass is 19.3. The van der Waals surface area contributed by atoms with Gasteiger partial charge in [-0.3, -0.25) is 4.90 Å². The Morgan fingerprint density at radius 3 is 2.89 bits per heavy atom. The maximum Gasteiger partial charge on any atom is 0.248 e. The molecule has 106 valence electrons. The summed E-state index contributed by atoms with van der Waals surface area (Å²) in [7, 11) is 0. The summed E-state index contributed by atoms with van der Waals surface area (Å²) in [6.07, 6.45) is 0.0309. The molecular formula is C13H23F2NO2. The fraction of sp³-hybridized carbons (Fsp3) is 1.00. The van der Waals surface area contributed by atoms with Crippen LogP contribution in [0.2, 0.25) is 0 Å². The zero-order valence-electron chi connectivity index (χ0n) is 10.9. The van der Waals surface area contributed by atoms with E-state index in [9.17, 15) is 13.9 Å². The maximum atomic E-state index is 13.1. The van der Waals surface area contributed by atoms with Crippen LogP contribution in [0.1, 0.15) is 32.6 Å². The number of aliphatic hydroxyl groups is 1. The summed E-state index contributed by atoms with van der Waals surface area (Å²) in [6.45, 7) is 5.23. The second-order valence-corrected chi connectivity index (χ2v) is 5.57. The predicted octanol–water partition coefficient (Wildman–Crippen LogP) is 1.89. The molecule has 0 bridgehead atoms. The molecule has 1 saturated heterocycles. The summed E-state index contributed by atoms with van der Waals surface area (Å²) in [6, 6.07) is 0. The fourth-order valence-corrected chi connectivity index (χ4v) is 2.99. The number of alkyl halides is 2. The Bertz CT molecular complexity index is 276. The van der Waals surface area contributed by atoms with Gasteiger partial charge in [-0.1, -0.05) is 6.92 Å². The van der Waals surface area contributed by atoms with Gasteiger partial charge in [-0.2, -0.15) is 0 Å². The van der Waals surface area contributed by atoms with Crippen LogP contribution in [0.4, 0.5) is 8.78 Å². The smallest absolute Gasteiger partial charge is 0.248 e. The quantitative estimate of drug-likeness (QED) is 0.841. The second-order valence-electron chi connectivity index (χ2n) is 5.57. The lowest BCUT2D eigenvalue weighted by atomic mass is 9.96. The lowest BCUT2D eigenvalue weighted by Crippen LogP contribution is -2.47. The molecule has 18 heavy (non-hydrogen) atoms. The average molecular weight is 263 g/mol. The Balaban J connectivity index is 1.79. The van der Waals surface area contributed by atoms with Crippen LogP contribution < -0.4 is 0 Å². The molecule has 0 amide bonds. The van der Waals surface area contributed by atoms with Gasteiger partial charge < -0.3 is 9.84 Å². The Morgan fingerprint density at radius 1 is 1.50 bits per heavy atom. The summed E-state index contributed by atoms with van der Waals surface area (Å²) < 4.78 is 31.7. The molecule has 5 heteroatoms. The van der Waals surface area contributed by atoms with E-state index in [0.717, 1.165) is 13.1 Å². The number of rotatable bonds is 4. The number of aliphatic hydroxyl groups excluding tert-OH is 1. The Kier molecular flexibility index (Phi) is 4.56. The monoisotopic (exact) mass is 263 g/mol. The van der Waals surface area contributed by atoms with E-state index >= 15 is 0 Å². The van der Waals surface area contributed by atoms with E-state index in [1.165, 1.54) is 0 Å². The number of morpholine rings is 1. The summed E-state index contributed by atoms with van der Waals surface area (Å²) in [5, 5.41) is 10.1. The molecule has 1 aliphatic heterocycles. The van der Waals surface area contributed by atoms with Crippen LogP contribution >= 0.6 is 0 Å². The minimum absolute atomic E-state index is 0.0308. The number of ether oxygens (including phenoxy) is 1. The molecule has 1 N–H and O–H groups in total. The summed E-state index contributed by atoms with van der Waals surface area (Å²) in [4.78, 5) is 2.22. The van der Waals surface area contributed by atoms with Gasteiger partial charge in [0, 0.05) is 25.9 Å². The van der Waals surface area contributed by atoms with Crippen LogP contribution in [-0.4, -0.2) is 54.4 Å². The highest BCUT2D eigenvalue weighted by Gasteiger charge is 2.41. The first-order valence-corrected chi connectivity index (χ1v) is 6.90. The summed E-state index contributed by atoms with van der Waals surface area (Å²) >= 11 is 0. The molecule has 3 unspecified atom stereocenters. The van der Waals surface area contributed by atoms with Crippen LogP contribution in [0, 0.1) is 5.92 Å². The van der Waals surface area contributed by atoms with Crippen molar-refractivity contribution in [2.75, 3.05) is 26.2 Å². The molecule has 0 radical (unpaired) electrons. The van der Waals surface area contributed by atoms with E-state index in [4.69, 9.17) is 4.74 Å². The maximum absolute atomic E-state index is 13.1. The Morgan fingerprint density at radius 2 is 2.28 bits per heavy atom. The van der Waals surface area contributed by atoms with Gasteiger partial charge in [0.2, 0.25) is 5.92 Å². The molecule has 1 aliphatic carbocycles. The third-order valence-corrected chi connectivity index (χ3v) is 4.13. The first-order valence-electron chi connectivity index (χ1n) is 6.90. The van der Waals surface area contributed by atoms with Crippen molar-refractivity contribution in [3.63, 3.8) is 0 Å². The van der Waals surface area contributed by atoms with E-state index in [0.29, 0.717) is 26.0 Å². The molecule has 1 heterocycles. The minimum atomic E-state index is -2.52. The van der Waals surface area contributed by atoms with Gasteiger partial charge in [-0.15, -0.1) is 0 Å². The largest absolute Gasteiger partial charge is 0.390 e. The van der Waals surface area contributed by atoms with Crippen LogP contribution in [0.15, 0.2) is 0 Å². The first kappa shape index (κ1) is 14.2. The first-order chi connectivity index (χ1) is 8.50. The summed E-state index contributed by atoms with van der Waals surface area (Å²) in [5.41, 5.74) is 0. The van der Waals surface area contributed by atoms with Gasteiger partial charge in [-0.25, -0.2) is 8.78 Å².